The second-order valence-electron chi connectivity index (χ2n) is 7.49. The highest BCUT2D eigenvalue weighted by atomic mass is 19.2. The molecule has 1 saturated heterocycles. The van der Waals surface area contributed by atoms with Gasteiger partial charge in [0.05, 0.1) is 13.1 Å². The molecular weight excluding hydrogens is 408 g/mol. The van der Waals surface area contributed by atoms with E-state index in [1.165, 1.54) is 6.07 Å². The molecule has 1 unspecified atom stereocenters. The number of nitrogens with one attached hydrogen (secondary N) is 2. The molecule has 2 aromatic rings. The summed E-state index contributed by atoms with van der Waals surface area (Å²) in [5.74, 6) is -1.42. The first-order chi connectivity index (χ1) is 15.0. The van der Waals surface area contributed by atoms with Crippen LogP contribution >= 0.6 is 0 Å². The molecule has 0 aliphatic carbocycles. The maximum atomic E-state index is 13.2. The highest BCUT2D eigenvalue weighted by Gasteiger charge is 2.28. The minimum atomic E-state index is -1.05. The smallest absolute Gasteiger partial charge is 0.243 e. The van der Waals surface area contributed by atoms with Crippen LogP contribution in [0.2, 0.25) is 0 Å². The van der Waals surface area contributed by atoms with Crippen molar-refractivity contribution in [1.82, 2.24) is 10.2 Å². The van der Waals surface area contributed by atoms with E-state index in [0.29, 0.717) is 19.0 Å². The number of carbonyl (C=O) groups excluding carboxylic acids is 2. The Kier molecular flexibility index (Phi) is 6.31. The third kappa shape index (κ3) is 5.11. The van der Waals surface area contributed by atoms with Crippen molar-refractivity contribution in [1.29, 1.82) is 0 Å². The number of benzene rings is 2. The number of anilines is 1. The molecule has 4 rings (SSSR count). The van der Waals surface area contributed by atoms with Gasteiger partial charge in [0.1, 0.15) is 13.2 Å². The van der Waals surface area contributed by atoms with Gasteiger partial charge in [-0.2, -0.15) is 0 Å². The maximum absolute atomic E-state index is 13.2. The number of rotatable bonds is 6. The van der Waals surface area contributed by atoms with Crippen molar-refractivity contribution in [2.75, 3.05) is 38.2 Å². The van der Waals surface area contributed by atoms with Gasteiger partial charge >= 0.3 is 0 Å². The quantitative estimate of drug-likeness (QED) is 0.735. The lowest BCUT2D eigenvalue weighted by atomic mass is 10.0. The maximum Gasteiger partial charge on any atom is 0.243 e. The molecule has 0 bridgehead atoms. The molecule has 9 heteroatoms. The Morgan fingerprint density at radius 3 is 2.61 bits per heavy atom. The molecule has 2 aliphatic heterocycles. The van der Waals surface area contributed by atoms with E-state index >= 15 is 0 Å². The fourth-order valence-corrected chi connectivity index (χ4v) is 3.86. The predicted molar refractivity (Wildman–Crippen MR) is 109 cm³/mol. The lowest BCUT2D eigenvalue weighted by Gasteiger charge is -2.26. The molecule has 1 fully saturated rings. The van der Waals surface area contributed by atoms with Crippen LogP contribution in [0.3, 0.4) is 0 Å². The summed E-state index contributed by atoms with van der Waals surface area (Å²) in [5, 5.41) is 5.00. The minimum absolute atomic E-state index is 0.0811. The van der Waals surface area contributed by atoms with Crippen LogP contribution in [-0.4, -0.2) is 49.6 Å². The topological polar surface area (TPSA) is 79.9 Å². The summed E-state index contributed by atoms with van der Waals surface area (Å²) in [6.45, 7) is 1.71. The Hall–Kier alpha value is -3.20. The Bertz CT molecular complexity index is 985. The molecule has 1 atom stereocenters. The monoisotopic (exact) mass is 431 g/mol. The van der Waals surface area contributed by atoms with Gasteiger partial charge in [0, 0.05) is 17.8 Å². The Balaban J connectivity index is 1.29. The SMILES string of the molecule is O=C(CN1CCCC1c1ccc2c(c1)OCCO2)NCC(=O)Nc1ccc(F)c(F)c1. The summed E-state index contributed by atoms with van der Waals surface area (Å²) in [6.07, 6.45) is 1.88. The van der Waals surface area contributed by atoms with E-state index in [4.69, 9.17) is 9.47 Å². The van der Waals surface area contributed by atoms with Gasteiger partial charge in [-0.25, -0.2) is 8.78 Å². The Morgan fingerprint density at radius 1 is 1.00 bits per heavy atom. The third-order valence-electron chi connectivity index (χ3n) is 5.31. The lowest BCUT2D eigenvalue weighted by molar-refractivity contribution is -0.125. The van der Waals surface area contributed by atoms with Gasteiger partial charge in [-0.3, -0.25) is 14.5 Å². The zero-order valence-electron chi connectivity index (χ0n) is 16.8. The molecule has 2 heterocycles. The number of ether oxygens (including phenoxy) is 2. The number of hydrogen-bond acceptors (Lipinski definition) is 5. The molecule has 0 saturated carbocycles. The number of amides is 2. The van der Waals surface area contributed by atoms with Gasteiger partial charge in [0.2, 0.25) is 11.8 Å². The minimum Gasteiger partial charge on any atom is -0.486 e. The van der Waals surface area contributed by atoms with E-state index in [1.54, 1.807) is 0 Å². The second-order valence-corrected chi connectivity index (χ2v) is 7.49. The Morgan fingerprint density at radius 2 is 1.81 bits per heavy atom. The van der Waals surface area contributed by atoms with Crippen LogP contribution in [0.25, 0.3) is 0 Å². The summed E-state index contributed by atoms with van der Waals surface area (Å²) >= 11 is 0. The molecule has 2 amide bonds. The first-order valence-corrected chi connectivity index (χ1v) is 10.1. The lowest BCUT2D eigenvalue weighted by Crippen LogP contribution is -2.40. The van der Waals surface area contributed by atoms with Crippen molar-refractivity contribution in [2.45, 2.75) is 18.9 Å². The van der Waals surface area contributed by atoms with Crippen molar-refractivity contribution >= 4 is 17.5 Å². The van der Waals surface area contributed by atoms with Crippen LogP contribution < -0.4 is 20.1 Å². The summed E-state index contributed by atoms with van der Waals surface area (Å²) in [7, 11) is 0. The third-order valence-corrected chi connectivity index (χ3v) is 5.31. The molecule has 2 aromatic carbocycles. The number of likely N-dealkylation sites (tertiary alicyclic amines) is 1. The molecule has 0 spiro atoms. The predicted octanol–water partition coefficient (Wildman–Crippen LogP) is 2.63. The second kappa shape index (κ2) is 9.30. The zero-order chi connectivity index (χ0) is 21.8. The molecule has 7 nitrogen and oxygen atoms in total. The van der Waals surface area contributed by atoms with Crippen LogP contribution in [0.4, 0.5) is 14.5 Å². The van der Waals surface area contributed by atoms with Gasteiger partial charge in [0.15, 0.2) is 23.1 Å². The average molecular weight is 431 g/mol. The van der Waals surface area contributed by atoms with Gasteiger partial charge < -0.3 is 20.1 Å². The highest BCUT2D eigenvalue weighted by molar-refractivity contribution is 5.94. The number of carbonyl (C=O) groups is 2. The van der Waals surface area contributed by atoms with E-state index in [2.05, 4.69) is 15.5 Å². The molecule has 31 heavy (non-hydrogen) atoms. The van der Waals surface area contributed by atoms with Crippen molar-refractivity contribution in [3.05, 3.63) is 53.6 Å². The standard InChI is InChI=1S/C22H23F2N3O4/c23-16-5-4-15(11-17(16)24)26-21(28)12-25-22(29)13-27-7-1-2-18(27)14-3-6-19-20(10-14)31-9-8-30-19/h3-6,10-11,18H,1-2,7-9,12-13H2,(H,25,29)(H,26,28). The molecular formula is C22H23F2N3O4. The number of fused-ring (bicyclic) bond motifs is 1. The summed E-state index contributed by atoms with van der Waals surface area (Å²) < 4.78 is 37.4. The van der Waals surface area contributed by atoms with Crippen LogP contribution in [0, 0.1) is 11.6 Å². The van der Waals surface area contributed by atoms with Crippen LogP contribution in [0.15, 0.2) is 36.4 Å². The molecule has 164 valence electrons. The highest BCUT2D eigenvalue weighted by Crippen LogP contribution is 2.37. The van der Waals surface area contributed by atoms with Gasteiger partial charge in [-0.15, -0.1) is 0 Å². The normalized spacial score (nSPS) is 17.9. The largest absolute Gasteiger partial charge is 0.486 e. The molecule has 0 aromatic heterocycles. The van der Waals surface area contributed by atoms with Crippen molar-refractivity contribution in [2.24, 2.45) is 0 Å². The number of nitrogens with zero attached hydrogens (tertiary/aromatic N) is 1. The number of halogens is 2. The number of hydrogen-bond donors (Lipinski definition) is 2. The molecule has 2 N–H and O–H groups in total. The van der Waals surface area contributed by atoms with Gasteiger partial charge in [-0.05, 0) is 49.2 Å². The van der Waals surface area contributed by atoms with E-state index < -0.39 is 17.5 Å². The van der Waals surface area contributed by atoms with Crippen LogP contribution in [-0.2, 0) is 9.59 Å². The van der Waals surface area contributed by atoms with Crippen LogP contribution in [0.1, 0.15) is 24.4 Å². The first kappa shape index (κ1) is 21.0. The summed E-state index contributed by atoms with van der Waals surface area (Å²) in [4.78, 5) is 26.4. The van der Waals surface area contributed by atoms with Gasteiger partial charge in [0.25, 0.3) is 0 Å². The average Bonchev–Trinajstić information content (AvgIpc) is 3.22. The van der Waals surface area contributed by atoms with E-state index in [0.717, 1.165) is 42.8 Å². The first-order valence-electron chi connectivity index (χ1n) is 10.1. The molecule has 0 radical (unpaired) electrons. The Labute approximate surface area is 178 Å². The zero-order valence-corrected chi connectivity index (χ0v) is 16.8. The van der Waals surface area contributed by atoms with Crippen LogP contribution in [0.5, 0.6) is 11.5 Å². The fraction of sp³-hybridized carbons (Fsp3) is 0.364. The van der Waals surface area contributed by atoms with E-state index in [9.17, 15) is 18.4 Å². The van der Waals surface area contributed by atoms with Crippen molar-refractivity contribution in [3.63, 3.8) is 0 Å². The fourth-order valence-electron chi connectivity index (χ4n) is 3.86. The summed E-state index contributed by atoms with van der Waals surface area (Å²) in [5.41, 5.74) is 1.18. The van der Waals surface area contributed by atoms with Crippen molar-refractivity contribution in [3.8, 4) is 11.5 Å². The van der Waals surface area contributed by atoms with Crippen molar-refractivity contribution < 1.29 is 27.8 Å². The van der Waals surface area contributed by atoms with Gasteiger partial charge in [-0.1, -0.05) is 6.07 Å². The molecule has 2 aliphatic rings. The van der Waals surface area contributed by atoms with E-state index in [-0.39, 0.29) is 30.7 Å². The van der Waals surface area contributed by atoms with E-state index in [1.807, 2.05) is 18.2 Å². The summed E-state index contributed by atoms with van der Waals surface area (Å²) in [6, 6.07) is 8.99.